The van der Waals surface area contributed by atoms with E-state index >= 15 is 0 Å². The molecule has 0 radical (unpaired) electrons. The van der Waals surface area contributed by atoms with Gasteiger partial charge in [0, 0.05) is 16.5 Å². The Hall–Kier alpha value is -7.94. The van der Waals surface area contributed by atoms with Gasteiger partial charge in [-0.3, -0.25) is 0 Å². The average Bonchev–Trinajstić information content (AvgIpc) is 3.87. The summed E-state index contributed by atoms with van der Waals surface area (Å²) < 4.78 is 6.64. The van der Waals surface area contributed by atoms with Crippen molar-refractivity contribution in [1.29, 1.82) is 0 Å². The van der Waals surface area contributed by atoms with Crippen LogP contribution in [0.1, 0.15) is 22.3 Å². The first-order valence-electron chi connectivity index (χ1n) is 21.0. The third kappa shape index (κ3) is 5.36. The molecule has 11 aromatic rings. The molecule has 0 saturated carbocycles. The Morgan fingerprint density at radius 1 is 0.344 bits per heavy atom. The van der Waals surface area contributed by atoms with Gasteiger partial charge >= 0.3 is 0 Å². The molecule has 0 fully saturated rings. The lowest BCUT2D eigenvalue weighted by Gasteiger charge is -2.35. The Morgan fingerprint density at radius 2 is 0.918 bits per heavy atom. The number of benzene rings is 10. The highest BCUT2D eigenvalue weighted by Gasteiger charge is 2.47. The van der Waals surface area contributed by atoms with Crippen molar-refractivity contribution in [2.75, 3.05) is 4.90 Å². The lowest BCUT2D eigenvalue weighted by Crippen LogP contribution is -2.28. The summed E-state index contributed by atoms with van der Waals surface area (Å²) in [6, 6.07) is 86.2. The molecule has 1 aliphatic carbocycles. The van der Waals surface area contributed by atoms with Gasteiger partial charge in [0.2, 0.25) is 0 Å². The summed E-state index contributed by atoms with van der Waals surface area (Å²) in [5, 5.41) is 4.60. The first-order chi connectivity index (χ1) is 30.3. The van der Waals surface area contributed by atoms with Crippen LogP contribution in [-0.4, -0.2) is 0 Å². The predicted octanol–water partition coefficient (Wildman–Crippen LogP) is 15.9. The summed E-state index contributed by atoms with van der Waals surface area (Å²) in [4.78, 5) is 2.53. The Bertz CT molecular complexity index is 3380. The van der Waals surface area contributed by atoms with Crippen LogP contribution >= 0.6 is 0 Å². The Balaban J connectivity index is 1.24. The highest BCUT2D eigenvalue weighted by Crippen LogP contribution is 2.60. The normalized spacial score (nSPS) is 12.7. The molecule has 1 heterocycles. The monoisotopic (exact) mass is 777 g/mol. The SMILES string of the molecule is c1ccc(-c2ccc(-c3cccc4ccccc34)cc2N(c2cccc3c2-c2ccccc2C3(c2ccccc2)c2ccccc2)c2cccc3oc4ccccc4c23)cc1. The fourth-order valence-electron chi connectivity index (χ4n) is 10.2. The highest BCUT2D eigenvalue weighted by molar-refractivity contribution is 6.15. The first-order valence-corrected chi connectivity index (χ1v) is 21.0. The maximum Gasteiger partial charge on any atom is 0.137 e. The fourth-order valence-corrected chi connectivity index (χ4v) is 10.2. The number of hydrogen-bond donors (Lipinski definition) is 0. The Morgan fingerprint density at radius 3 is 1.72 bits per heavy atom. The van der Waals surface area contributed by atoms with Gasteiger partial charge in [0.25, 0.3) is 0 Å². The summed E-state index contributed by atoms with van der Waals surface area (Å²) in [6.07, 6.45) is 0. The second-order valence-corrected chi connectivity index (χ2v) is 15.9. The van der Waals surface area contributed by atoms with E-state index in [0.29, 0.717) is 0 Å². The summed E-state index contributed by atoms with van der Waals surface area (Å²) in [5.41, 5.74) is 16.5. The molecule has 0 spiro atoms. The molecular weight excluding hydrogens is 739 g/mol. The summed E-state index contributed by atoms with van der Waals surface area (Å²) in [6.45, 7) is 0. The molecule has 0 aliphatic heterocycles. The largest absolute Gasteiger partial charge is 0.456 e. The van der Waals surface area contributed by atoms with E-state index in [9.17, 15) is 0 Å². The molecule has 12 rings (SSSR count). The first kappa shape index (κ1) is 35.0. The Labute approximate surface area is 355 Å². The van der Waals surface area contributed by atoms with Crippen LogP contribution in [0.25, 0.3) is 66.1 Å². The molecule has 0 unspecified atom stereocenters. The zero-order chi connectivity index (χ0) is 40.3. The maximum absolute atomic E-state index is 6.64. The molecule has 0 saturated heterocycles. The molecule has 0 atom stereocenters. The van der Waals surface area contributed by atoms with E-state index in [4.69, 9.17) is 4.42 Å². The maximum atomic E-state index is 6.64. The van der Waals surface area contributed by atoms with Crippen molar-refractivity contribution in [2.45, 2.75) is 5.41 Å². The van der Waals surface area contributed by atoms with Gasteiger partial charge < -0.3 is 9.32 Å². The number of rotatable bonds is 7. The number of furan rings is 1. The van der Waals surface area contributed by atoms with Crippen LogP contribution in [0.3, 0.4) is 0 Å². The van der Waals surface area contributed by atoms with E-state index in [1.54, 1.807) is 0 Å². The minimum atomic E-state index is -0.558. The van der Waals surface area contributed by atoms with E-state index in [-0.39, 0.29) is 0 Å². The van der Waals surface area contributed by atoms with Crippen molar-refractivity contribution in [2.24, 2.45) is 0 Å². The van der Waals surface area contributed by atoms with Gasteiger partial charge in [0.1, 0.15) is 11.2 Å². The minimum absolute atomic E-state index is 0.558. The van der Waals surface area contributed by atoms with Crippen molar-refractivity contribution in [3.8, 4) is 33.4 Å². The van der Waals surface area contributed by atoms with E-state index in [1.165, 1.54) is 49.7 Å². The molecule has 286 valence electrons. The van der Waals surface area contributed by atoms with E-state index in [0.717, 1.165) is 55.7 Å². The molecular formula is C59H39NO. The van der Waals surface area contributed by atoms with Gasteiger partial charge in [-0.1, -0.05) is 206 Å². The standard InChI is InChI=1S/C59H39NO/c1-4-19-41(20-5-1)47-38-37-42(46-30-16-22-40-21-10-11-27-45(40)46)39-54(47)60(53-34-18-36-56-58(53)49-29-13-15-35-55(49)61-56)52-33-17-32-51-57(52)48-28-12-14-31-50(48)59(51,43-23-6-2-7-24-43)44-25-8-3-9-26-44/h1-39H. The average molecular weight is 778 g/mol. The Kier molecular flexibility index (Phi) is 8.11. The van der Waals surface area contributed by atoms with Gasteiger partial charge in [-0.2, -0.15) is 0 Å². The van der Waals surface area contributed by atoms with Crippen molar-refractivity contribution < 1.29 is 4.42 Å². The van der Waals surface area contributed by atoms with Gasteiger partial charge in [-0.05, 0) is 85.6 Å². The van der Waals surface area contributed by atoms with Crippen LogP contribution in [0.2, 0.25) is 0 Å². The summed E-state index contributed by atoms with van der Waals surface area (Å²) >= 11 is 0. The van der Waals surface area contributed by atoms with Gasteiger partial charge in [0.05, 0.1) is 27.9 Å². The van der Waals surface area contributed by atoms with Crippen molar-refractivity contribution in [3.05, 3.63) is 259 Å². The topological polar surface area (TPSA) is 16.4 Å². The van der Waals surface area contributed by atoms with Crippen LogP contribution in [0.15, 0.2) is 241 Å². The van der Waals surface area contributed by atoms with E-state index in [2.05, 4.69) is 241 Å². The summed E-state index contributed by atoms with van der Waals surface area (Å²) in [5.74, 6) is 0. The second-order valence-electron chi connectivity index (χ2n) is 15.9. The lowest BCUT2D eigenvalue weighted by atomic mass is 9.68. The van der Waals surface area contributed by atoms with Crippen LogP contribution < -0.4 is 4.90 Å². The van der Waals surface area contributed by atoms with Gasteiger partial charge in [-0.15, -0.1) is 0 Å². The van der Waals surface area contributed by atoms with E-state index < -0.39 is 5.41 Å². The molecule has 10 aromatic carbocycles. The van der Waals surface area contributed by atoms with Gasteiger partial charge in [0.15, 0.2) is 0 Å². The van der Waals surface area contributed by atoms with Crippen LogP contribution in [0.4, 0.5) is 17.1 Å². The van der Waals surface area contributed by atoms with Crippen molar-refractivity contribution in [3.63, 3.8) is 0 Å². The van der Waals surface area contributed by atoms with Crippen LogP contribution in [0, 0.1) is 0 Å². The molecule has 0 bridgehead atoms. The van der Waals surface area contributed by atoms with Crippen molar-refractivity contribution in [1.82, 2.24) is 0 Å². The summed E-state index contributed by atoms with van der Waals surface area (Å²) in [7, 11) is 0. The molecule has 0 amide bonds. The van der Waals surface area contributed by atoms with E-state index in [1.807, 2.05) is 0 Å². The lowest BCUT2D eigenvalue weighted by molar-refractivity contribution is 0.669. The predicted molar refractivity (Wildman–Crippen MR) is 254 cm³/mol. The second kappa shape index (κ2) is 14.1. The third-order valence-corrected chi connectivity index (χ3v) is 12.7. The van der Waals surface area contributed by atoms with Crippen LogP contribution in [0.5, 0.6) is 0 Å². The van der Waals surface area contributed by atoms with Gasteiger partial charge in [-0.25, -0.2) is 0 Å². The smallest absolute Gasteiger partial charge is 0.137 e. The molecule has 61 heavy (non-hydrogen) atoms. The molecule has 2 nitrogen and oxygen atoms in total. The number of nitrogens with zero attached hydrogens (tertiary/aromatic N) is 1. The molecule has 0 N–H and O–H groups in total. The molecule has 1 aromatic heterocycles. The van der Waals surface area contributed by atoms with Crippen molar-refractivity contribution >= 4 is 49.8 Å². The fraction of sp³-hybridized carbons (Fsp3) is 0.0169. The minimum Gasteiger partial charge on any atom is -0.456 e. The zero-order valence-electron chi connectivity index (χ0n) is 33.4. The van der Waals surface area contributed by atoms with Crippen LogP contribution in [-0.2, 0) is 5.41 Å². The molecule has 2 heteroatoms. The highest BCUT2D eigenvalue weighted by atomic mass is 16.3. The number of fused-ring (bicyclic) bond motifs is 7. The number of para-hydroxylation sites is 1. The number of anilines is 3. The molecule has 1 aliphatic rings. The quantitative estimate of drug-likeness (QED) is 0.160. The number of hydrogen-bond acceptors (Lipinski definition) is 2. The zero-order valence-corrected chi connectivity index (χ0v) is 33.4. The third-order valence-electron chi connectivity index (χ3n) is 12.7.